The van der Waals surface area contributed by atoms with Crippen molar-refractivity contribution in [3.63, 3.8) is 0 Å². The molecule has 1 aliphatic heterocycles. The van der Waals surface area contributed by atoms with Gasteiger partial charge in [0, 0.05) is 20.7 Å². The lowest BCUT2D eigenvalue weighted by Gasteiger charge is -2.30. The highest BCUT2D eigenvalue weighted by atomic mass is 79.9. The molecule has 108 valence electrons. The molecule has 1 aliphatic rings. The minimum atomic E-state index is -0.125. The molecule has 3 rings (SSSR count). The number of carbonyl (C=O) groups excluding carboxylic acids is 1. The molecular formula is C15H12BrClN2O2. The Kier molecular flexibility index (Phi) is 3.78. The Bertz CT molecular complexity index is 701. The van der Waals surface area contributed by atoms with Crippen molar-refractivity contribution in [3.05, 3.63) is 51.5 Å². The summed E-state index contributed by atoms with van der Waals surface area (Å²) in [5.41, 5.74) is 7.98. The molecule has 1 heterocycles. The topological polar surface area (TPSA) is 55.6 Å². The predicted octanol–water partition coefficient (Wildman–Crippen LogP) is 3.61. The summed E-state index contributed by atoms with van der Waals surface area (Å²) in [5, 5.41) is 0.547. The summed E-state index contributed by atoms with van der Waals surface area (Å²) in [4.78, 5) is 13.8. The zero-order chi connectivity index (χ0) is 15.0. The summed E-state index contributed by atoms with van der Waals surface area (Å²) in [7, 11) is 0. The molecule has 4 nitrogen and oxygen atoms in total. The number of ether oxygens (including phenoxy) is 1. The number of hydrogen-bond donors (Lipinski definition) is 1. The second-order valence-electron chi connectivity index (χ2n) is 4.69. The number of halogens is 2. The van der Waals surface area contributed by atoms with E-state index < -0.39 is 0 Å². The lowest BCUT2D eigenvalue weighted by Crippen LogP contribution is -2.38. The van der Waals surface area contributed by atoms with Gasteiger partial charge in [-0.15, -0.1) is 0 Å². The molecule has 0 unspecified atom stereocenters. The van der Waals surface area contributed by atoms with E-state index in [1.807, 2.05) is 18.2 Å². The standard InChI is InChI=1S/C15H12BrClN2O2/c16-9-4-5-14-13(6-9)19(15(20)8-21-14)7-10-11(17)2-1-3-12(10)18/h1-6H,7-8,18H2. The van der Waals surface area contributed by atoms with Crippen molar-refractivity contribution in [1.29, 1.82) is 0 Å². The van der Waals surface area contributed by atoms with E-state index in [-0.39, 0.29) is 12.5 Å². The van der Waals surface area contributed by atoms with E-state index in [9.17, 15) is 4.79 Å². The Morgan fingerprint density at radius 1 is 1.33 bits per heavy atom. The Balaban J connectivity index is 2.03. The number of nitrogen functional groups attached to an aromatic ring is 1. The maximum Gasteiger partial charge on any atom is 0.265 e. The van der Waals surface area contributed by atoms with Gasteiger partial charge in [0.25, 0.3) is 5.91 Å². The molecule has 0 saturated carbocycles. The molecule has 2 aromatic carbocycles. The van der Waals surface area contributed by atoms with Gasteiger partial charge in [0.2, 0.25) is 0 Å². The number of hydrogen-bond acceptors (Lipinski definition) is 3. The number of benzene rings is 2. The van der Waals surface area contributed by atoms with Gasteiger partial charge in [0.1, 0.15) is 5.75 Å². The van der Waals surface area contributed by atoms with Crippen LogP contribution in [-0.2, 0) is 11.3 Å². The van der Waals surface area contributed by atoms with E-state index in [0.29, 0.717) is 28.7 Å². The third-order valence-corrected chi connectivity index (χ3v) is 4.18. The normalized spacial score (nSPS) is 13.8. The Morgan fingerprint density at radius 2 is 2.14 bits per heavy atom. The second-order valence-corrected chi connectivity index (χ2v) is 6.01. The largest absolute Gasteiger partial charge is 0.482 e. The van der Waals surface area contributed by atoms with Crippen molar-refractivity contribution < 1.29 is 9.53 Å². The Morgan fingerprint density at radius 3 is 2.90 bits per heavy atom. The zero-order valence-corrected chi connectivity index (χ0v) is 13.3. The highest BCUT2D eigenvalue weighted by molar-refractivity contribution is 9.10. The van der Waals surface area contributed by atoms with Gasteiger partial charge in [-0.2, -0.15) is 0 Å². The summed E-state index contributed by atoms with van der Waals surface area (Å²) in [6.45, 7) is 0.330. The summed E-state index contributed by atoms with van der Waals surface area (Å²) < 4.78 is 6.31. The van der Waals surface area contributed by atoms with E-state index in [0.717, 1.165) is 10.0 Å². The first kappa shape index (κ1) is 14.2. The Labute approximate surface area is 135 Å². The molecule has 0 spiro atoms. The van der Waals surface area contributed by atoms with Gasteiger partial charge in [0.05, 0.1) is 12.2 Å². The lowest BCUT2D eigenvalue weighted by molar-refractivity contribution is -0.121. The molecule has 0 aromatic heterocycles. The molecule has 0 saturated heterocycles. The number of carbonyl (C=O) groups is 1. The fourth-order valence-electron chi connectivity index (χ4n) is 2.25. The molecule has 0 bridgehead atoms. The van der Waals surface area contributed by atoms with Crippen LogP contribution in [0.5, 0.6) is 5.75 Å². The minimum absolute atomic E-state index is 0.0129. The average molecular weight is 368 g/mol. The number of rotatable bonds is 2. The number of fused-ring (bicyclic) bond motifs is 1. The van der Waals surface area contributed by atoms with Gasteiger partial charge in [0.15, 0.2) is 6.61 Å². The van der Waals surface area contributed by atoms with Gasteiger partial charge in [-0.05, 0) is 30.3 Å². The van der Waals surface area contributed by atoms with Crippen LogP contribution in [0.1, 0.15) is 5.56 Å². The average Bonchev–Trinajstić information content (AvgIpc) is 2.45. The smallest absolute Gasteiger partial charge is 0.265 e. The molecule has 0 fully saturated rings. The van der Waals surface area contributed by atoms with Crippen molar-refractivity contribution in [2.24, 2.45) is 0 Å². The quantitative estimate of drug-likeness (QED) is 0.825. The van der Waals surface area contributed by atoms with Crippen LogP contribution in [0.4, 0.5) is 11.4 Å². The van der Waals surface area contributed by atoms with E-state index >= 15 is 0 Å². The first-order valence-electron chi connectivity index (χ1n) is 6.32. The van der Waals surface area contributed by atoms with Crippen molar-refractivity contribution in [2.45, 2.75) is 6.54 Å². The molecule has 2 N–H and O–H groups in total. The highest BCUT2D eigenvalue weighted by Crippen LogP contribution is 2.36. The molecule has 21 heavy (non-hydrogen) atoms. The van der Waals surface area contributed by atoms with E-state index in [4.69, 9.17) is 22.1 Å². The Hall–Kier alpha value is -1.72. The SMILES string of the molecule is Nc1cccc(Cl)c1CN1C(=O)COc2ccc(Br)cc21. The van der Waals surface area contributed by atoms with Gasteiger partial charge in [-0.3, -0.25) is 4.79 Å². The molecule has 2 aromatic rings. The highest BCUT2D eigenvalue weighted by Gasteiger charge is 2.26. The van der Waals surface area contributed by atoms with E-state index in [2.05, 4.69) is 15.9 Å². The molecule has 0 atom stereocenters. The zero-order valence-electron chi connectivity index (χ0n) is 11.0. The number of anilines is 2. The number of amides is 1. The fraction of sp³-hybridized carbons (Fsp3) is 0.133. The molecule has 0 aliphatic carbocycles. The van der Waals surface area contributed by atoms with Crippen LogP contribution in [0.2, 0.25) is 5.02 Å². The third-order valence-electron chi connectivity index (χ3n) is 3.34. The maximum atomic E-state index is 12.2. The van der Waals surface area contributed by atoms with Crippen LogP contribution in [0.25, 0.3) is 0 Å². The number of nitrogens with two attached hydrogens (primary N) is 1. The van der Waals surface area contributed by atoms with Gasteiger partial charge < -0.3 is 15.4 Å². The van der Waals surface area contributed by atoms with Crippen molar-refractivity contribution in [1.82, 2.24) is 0 Å². The van der Waals surface area contributed by atoms with Crippen molar-refractivity contribution in [3.8, 4) is 5.75 Å². The van der Waals surface area contributed by atoms with Crippen molar-refractivity contribution in [2.75, 3.05) is 17.2 Å². The summed E-state index contributed by atoms with van der Waals surface area (Å²) in [6.07, 6.45) is 0. The lowest BCUT2D eigenvalue weighted by atomic mass is 10.1. The van der Waals surface area contributed by atoms with E-state index in [1.165, 1.54) is 0 Å². The van der Waals surface area contributed by atoms with Gasteiger partial charge in [-0.1, -0.05) is 33.6 Å². The molecule has 0 radical (unpaired) electrons. The first-order chi connectivity index (χ1) is 10.1. The van der Waals surface area contributed by atoms with Crippen LogP contribution in [0.3, 0.4) is 0 Å². The number of nitrogens with zero attached hydrogens (tertiary/aromatic N) is 1. The van der Waals surface area contributed by atoms with E-state index in [1.54, 1.807) is 23.1 Å². The fourth-order valence-corrected chi connectivity index (χ4v) is 2.84. The first-order valence-corrected chi connectivity index (χ1v) is 7.49. The maximum absolute atomic E-state index is 12.2. The van der Waals surface area contributed by atoms with Crippen molar-refractivity contribution >= 4 is 44.8 Å². The van der Waals surface area contributed by atoms with Crippen LogP contribution in [0.15, 0.2) is 40.9 Å². The summed E-state index contributed by atoms with van der Waals surface area (Å²) in [5.74, 6) is 0.545. The summed E-state index contributed by atoms with van der Waals surface area (Å²) >= 11 is 9.60. The molecule has 1 amide bonds. The third kappa shape index (κ3) is 2.71. The second kappa shape index (κ2) is 5.58. The summed E-state index contributed by atoms with van der Waals surface area (Å²) in [6, 6.07) is 10.9. The molecular weight excluding hydrogens is 356 g/mol. The molecule has 6 heteroatoms. The van der Waals surface area contributed by atoms with Gasteiger partial charge >= 0.3 is 0 Å². The van der Waals surface area contributed by atoms with Crippen LogP contribution in [0, 0.1) is 0 Å². The van der Waals surface area contributed by atoms with Crippen LogP contribution in [-0.4, -0.2) is 12.5 Å². The monoisotopic (exact) mass is 366 g/mol. The van der Waals surface area contributed by atoms with Gasteiger partial charge in [-0.25, -0.2) is 0 Å². The van der Waals surface area contributed by atoms with Crippen LogP contribution >= 0.6 is 27.5 Å². The minimum Gasteiger partial charge on any atom is -0.482 e. The predicted molar refractivity (Wildman–Crippen MR) is 86.7 cm³/mol. The van der Waals surface area contributed by atoms with Crippen LogP contribution < -0.4 is 15.4 Å².